The van der Waals surface area contributed by atoms with Crippen molar-refractivity contribution in [1.82, 2.24) is 15.3 Å². The summed E-state index contributed by atoms with van der Waals surface area (Å²) >= 11 is 7.76. The summed E-state index contributed by atoms with van der Waals surface area (Å²) in [6.45, 7) is 3.54. The second-order valence-electron chi connectivity index (χ2n) is 8.55. The highest BCUT2D eigenvalue weighted by molar-refractivity contribution is 7.19. The zero-order valence-electron chi connectivity index (χ0n) is 18.7. The van der Waals surface area contributed by atoms with Crippen molar-refractivity contribution in [3.8, 4) is 0 Å². The minimum atomic E-state index is -0.840. The molecule has 1 atom stereocenters. The second-order valence-corrected chi connectivity index (χ2v) is 10.0. The summed E-state index contributed by atoms with van der Waals surface area (Å²) in [5.74, 6) is -0.402. The van der Waals surface area contributed by atoms with Crippen molar-refractivity contribution in [2.24, 2.45) is 5.92 Å². The summed E-state index contributed by atoms with van der Waals surface area (Å²) in [5.41, 5.74) is 7.86. The van der Waals surface area contributed by atoms with Crippen LogP contribution < -0.4 is 11.1 Å². The first-order chi connectivity index (χ1) is 15.8. The van der Waals surface area contributed by atoms with E-state index in [2.05, 4.69) is 15.3 Å². The molecule has 0 unspecified atom stereocenters. The number of thiophene rings is 1. The van der Waals surface area contributed by atoms with E-state index >= 15 is 0 Å². The molecule has 0 radical (unpaired) electrons. The summed E-state index contributed by atoms with van der Waals surface area (Å²) in [4.78, 5) is 36.6. The topological polar surface area (TPSA) is 107 Å². The number of ether oxygens (including phenoxy) is 1. The van der Waals surface area contributed by atoms with Crippen molar-refractivity contribution in [1.29, 1.82) is 0 Å². The number of esters is 1. The molecule has 7 nitrogen and oxygen atoms in total. The van der Waals surface area contributed by atoms with E-state index in [1.165, 1.54) is 23.3 Å². The van der Waals surface area contributed by atoms with Crippen LogP contribution in [-0.4, -0.2) is 27.9 Å². The van der Waals surface area contributed by atoms with E-state index < -0.39 is 17.9 Å². The molecule has 0 spiro atoms. The Morgan fingerprint density at radius 3 is 2.70 bits per heavy atom. The van der Waals surface area contributed by atoms with Gasteiger partial charge in [-0.2, -0.15) is 0 Å². The molecule has 174 valence electrons. The van der Waals surface area contributed by atoms with Crippen LogP contribution in [0.4, 0.5) is 5.82 Å². The van der Waals surface area contributed by atoms with Gasteiger partial charge in [-0.15, -0.1) is 11.3 Å². The third-order valence-electron chi connectivity index (χ3n) is 5.81. The number of hydrogen-bond acceptors (Lipinski definition) is 7. The molecule has 2 aromatic heterocycles. The second kappa shape index (κ2) is 10.1. The van der Waals surface area contributed by atoms with Gasteiger partial charge in [-0.1, -0.05) is 44.0 Å². The third kappa shape index (κ3) is 5.12. The first kappa shape index (κ1) is 23.4. The minimum absolute atomic E-state index is 0.118. The molecule has 2 heterocycles. The summed E-state index contributed by atoms with van der Waals surface area (Å²) < 4.78 is 5.48. The maximum Gasteiger partial charge on any atom is 0.329 e. The molecule has 0 aliphatic heterocycles. The summed E-state index contributed by atoms with van der Waals surface area (Å²) in [5, 5.41) is 3.99. The van der Waals surface area contributed by atoms with Gasteiger partial charge in [0.2, 0.25) is 0 Å². The Bertz CT molecular complexity index is 1190. The van der Waals surface area contributed by atoms with Gasteiger partial charge in [0.25, 0.3) is 5.91 Å². The number of anilines is 1. The van der Waals surface area contributed by atoms with Gasteiger partial charge in [-0.25, -0.2) is 14.8 Å². The minimum Gasteiger partial charge on any atom is -0.456 e. The van der Waals surface area contributed by atoms with Crippen LogP contribution in [0.3, 0.4) is 0 Å². The molecule has 0 fully saturated rings. The number of nitrogens with one attached hydrogen (secondary N) is 1. The smallest absolute Gasteiger partial charge is 0.329 e. The fourth-order valence-electron chi connectivity index (χ4n) is 4.06. The predicted molar refractivity (Wildman–Crippen MR) is 130 cm³/mol. The van der Waals surface area contributed by atoms with E-state index in [-0.39, 0.29) is 12.5 Å². The summed E-state index contributed by atoms with van der Waals surface area (Å²) in [7, 11) is 0. The highest BCUT2D eigenvalue weighted by Gasteiger charge is 2.27. The molecule has 1 aliphatic carbocycles. The molecule has 9 heteroatoms. The van der Waals surface area contributed by atoms with E-state index in [0.717, 1.165) is 29.5 Å². The maximum atomic E-state index is 12.8. The van der Waals surface area contributed by atoms with E-state index in [0.29, 0.717) is 22.2 Å². The van der Waals surface area contributed by atoms with E-state index in [1.54, 1.807) is 35.6 Å². The molecule has 1 aliphatic rings. The fraction of sp³-hybridized carbons (Fsp3) is 0.417. The number of hydrogen-bond donors (Lipinski definition) is 2. The normalized spacial score (nSPS) is 14.5. The van der Waals surface area contributed by atoms with Gasteiger partial charge < -0.3 is 15.8 Å². The number of carbonyl (C=O) groups is 2. The van der Waals surface area contributed by atoms with E-state index in [4.69, 9.17) is 22.1 Å². The van der Waals surface area contributed by atoms with Crippen molar-refractivity contribution in [2.45, 2.75) is 58.6 Å². The van der Waals surface area contributed by atoms with Crippen LogP contribution in [-0.2, 0) is 29.0 Å². The molecule has 0 bridgehead atoms. The Kier molecular flexibility index (Phi) is 7.14. The van der Waals surface area contributed by atoms with Crippen LogP contribution in [0, 0.1) is 5.92 Å². The van der Waals surface area contributed by atoms with Gasteiger partial charge in [0.15, 0.2) is 12.4 Å². The van der Waals surface area contributed by atoms with Crippen molar-refractivity contribution in [3.63, 3.8) is 0 Å². The largest absolute Gasteiger partial charge is 0.456 e. The fourth-order valence-corrected chi connectivity index (χ4v) is 5.57. The number of carbonyl (C=O) groups excluding carboxylic acids is 2. The molecular weight excluding hydrogens is 460 g/mol. The molecule has 33 heavy (non-hydrogen) atoms. The Balaban J connectivity index is 1.47. The van der Waals surface area contributed by atoms with Crippen LogP contribution in [0.25, 0.3) is 10.2 Å². The lowest BCUT2D eigenvalue weighted by molar-refractivity contribution is -0.148. The number of benzene rings is 1. The van der Waals surface area contributed by atoms with Gasteiger partial charge >= 0.3 is 5.97 Å². The lowest BCUT2D eigenvalue weighted by atomic mass is 10.0. The summed E-state index contributed by atoms with van der Waals surface area (Å²) in [6, 6.07) is 5.84. The van der Waals surface area contributed by atoms with E-state index in [9.17, 15) is 9.59 Å². The van der Waals surface area contributed by atoms with Crippen LogP contribution in [0.5, 0.6) is 0 Å². The zero-order chi connectivity index (χ0) is 23.5. The molecule has 1 aromatic carbocycles. The quantitative estimate of drug-likeness (QED) is 0.386. The number of halogens is 1. The number of amides is 1. The SMILES string of the molecule is CC(C)[C@H](NC(=O)c1ccccc1Cl)C(=O)OCc1nc(N)c2c3c(sc2n1)CCCCC3. The third-order valence-corrected chi connectivity index (χ3v) is 7.32. The number of nitrogen functional groups attached to an aromatic ring is 1. The predicted octanol–water partition coefficient (Wildman–Crippen LogP) is 4.69. The van der Waals surface area contributed by atoms with Gasteiger partial charge in [-0.3, -0.25) is 4.79 Å². The molecule has 0 saturated carbocycles. The first-order valence-corrected chi connectivity index (χ1v) is 12.3. The number of aromatic nitrogens is 2. The lowest BCUT2D eigenvalue weighted by Crippen LogP contribution is -2.45. The van der Waals surface area contributed by atoms with Gasteiger partial charge in [-0.05, 0) is 49.3 Å². The monoisotopic (exact) mass is 486 g/mol. The average molecular weight is 487 g/mol. The standard InChI is InChI=1S/C24H27ClN4O3S/c1-13(2)20(29-22(30)14-8-6-7-10-16(14)25)24(31)32-12-18-27-21(26)19-15-9-4-3-5-11-17(15)33-23(19)28-18/h6-8,10,13,20H,3-5,9,11-12H2,1-2H3,(H,29,30)(H2,26,27,28)/t20-/m0/s1. The Morgan fingerprint density at radius 2 is 1.94 bits per heavy atom. The number of nitrogens with two attached hydrogens (primary N) is 1. The van der Waals surface area contributed by atoms with Crippen LogP contribution in [0.2, 0.25) is 5.02 Å². The van der Waals surface area contributed by atoms with Crippen molar-refractivity contribution >= 4 is 50.8 Å². The Hall–Kier alpha value is -2.71. The van der Waals surface area contributed by atoms with Gasteiger partial charge in [0, 0.05) is 4.88 Å². The maximum absolute atomic E-state index is 12.8. The highest BCUT2D eigenvalue weighted by atomic mass is 35.5. The lowest BCUT2D eigenvalue weighted by Gasteiger charge is -2.21. The van der Waals surface area contributed by atoms with Crippen molar-refractivity contribution in [3.05, 3.63) is 51.1 Å². The van der Waals surface area contributed by atoms with E-state index in [1.807, 2.05) is 13.8 Å². The summed E-state index contributed by atoms with van der Waals surface area (Å²) in [6.07, 6.45) is 5.59. The van der Waals surface area contributed by atoms with Crippen LogP contribution >= 0.6 is 22.9 Å². The van der Waals surface area contributed by atoms with Crippen molar-refractivity contribution < 1.29 is 14.3 Å². The average Bonchev–Trinajstić information content (AvgIpc) is 2.97. The van der Waals surface area contributed by atoms with Gasteiger partial charge in [0.05, 0.1) is 16.0 Å². The molecule has 4 rings (SSSR count). The molecule has 3 aromatic rings. The van der Waals surface area contributed by atoms with Crippen molar-refractivity contribution in [2.75, 3.05) is 5.73 Å². The molecular formula is C24H27ClN4O3S. The number of fused-ring (bicyclic) bond motifs is 3. The molecule has 3 N–H and O–H groups in total. The van der Waals surface area contributed by atoms with Gasteiger partial charge in [0.1, 0.15) is 16.7 Å². The van der Waals surface area contributed by atoms with Crippen LogP contribution in [0.15, 0.2) is 24.3 Å². The highest BCUT2D eigenvalue weighted by Crippen LogP contribution is 2.37. The number of nitrogens with zero attached hydrogens (tertiary/aromatic N) is 2. The number of rotatable bonds is 6. The Morgan fingerprint density at radius 1 is 1.18 bits per heavy atom. The van der Waals surface area contributed by atoms with Crippen LogP contribution in [0.1, 0.15) is 59.7 Å². The first-order valence-electron chi connectivity index (χ1n) is 11.1. The number of aryl methyl sites for hydroxylation is 2. The zero-order valence-corrected chi connectivity index (χ0v) is 20.3. The Labute approximate surface area is 201 Å². The molecule has 1 amide bonds. The molecule has 0 saturated heterocycles.